The van der Waals surface area contributed by atoms with E-state index in [4.69, 9.17) is 9.47 Å². The Balaban J connectivity index is 4.37. The van der Waals surface area contributed by atoms with E-state index in [1.165, 1.54) is 0 Å². The minimum absolute atomic E-state index is 0.0307. The van der Waals surface area contributed by atoms with Crippen LogP contribution in [0.15, 0.2) is 12.3 Å². The fourth-order valence-electron chi connectivity index (χ4n) is 2.53. The molecule has 0 fully saturated rings. The summed E-state index contributed by atoms with van der Waals surface area (Å²) in [7, 11) is 0. The van der Waals surface area contributed by atoms with E-state index in [2.05, 4.69) is 46.9 Å². The molecule has 0 bridgehead atoms. The second-order valence-corrected chi connectivity index (χ2v) is 9.15. The number of ether oxygens (including phenoxy) is 2. The normalized spacial score (nSPS) is 16.0. The van der Waals surface area contributed by atoms with Crippen LogP contribution in [0.3, 0.4) is 0 Å². The second kappa shape index (κ2) is 9.76. The van der Waals surface area contributed by atoms with Gasteiger partial charge in [-0.1, -0.05) is 48.1 Å². The quantitative estimate of drug-likeness (QED) is 0.282. The van der Waals surface area contributed by atoms with Crippen LogP contribution in [0.5, 0.6) is 0 Å². The van der Waals surface area contributed by atoms with Crippen molar-refractivity contribution in [2.24, 2.45) is 17.3 Å². The molecule has 3 atom stereocenters. The first-order chi connectivity index (χ1) is 9.98. The van der Waals surface area contributed by atoms with Gasteiger partial charge in [-0.25, -0.2) is 0 Å². The van der Waals surface area contributed by atoms with Crippen molar-refractivity contribution in [1.29, 1.82) is 0 Å². The van der Waals surface area contributed by atoms with Crippen LogP contribution in [0.25, 0.3) is 0 Å². The first-order valence-corrected chi connectivity index (χ1v) is 9.34. The molecule has 0 rings (SSSR count). The molecule has 0 aromatic rings. The van der Waals surface area contributed by atoms with Crippen molar-refractivity contribution in [2.75, 3.05) is 12.4 Å². The van der Waals surface area contributed by atoms with Gasteiger partial charge in [0.2, 0.25) is 0 Å². The standard InChI is InChI=1S/C17H32O3S2/c1-11(2)15(17(6,7)8)16(18)19-9-12(3)20-14(5)22-13(4)10-21/h11,13-15,21H,3,9-10H2,1-2,4-8H3. The molecule has 0 radical (unpaired) electrons. The molecule has 0 aliphatic heterocycles. The van der Waals surface area contributed by atoms with Gasteiger partial charge in [-0.2, -0.15) is 12.6 Å². The molecular formula is C17H32O3S2. The summed E-state index contributed by atoms with van der Waals surface area (Å²) in [5, 5.41) is 0.403. The summed E-state index contributed by atoms with van der Waals surface area (Å²) in [5.74, 6) is 1.18. The number of esters is 1. The number of rotatable bonds is 9. The number of thiol groups is 1. The smallest absolute Gasteiger partial charge is 0.310 e. The maximum atomic E-state index is 12.3. The molecule has 130 valence electrons. The molecule has 0 saturated carbocycles. The summed E-state index contributed by atoms with van der Waals surface area (Å²) in [5.41, 5.74) is -0.157. The molecule has 3 unspecified atom stereocenters. The second-order valence-electron chi connectivity index (χ2n) is 7.05. The van der Waals surface area contributed by atoms with Crippen molar-refractivity contribution in [1.82, 2.24) is 0 Å². The Labute approximate surface area is 146 Å². The lowest BCUT2D eigenvalue weighted by molar-refractivity contribution is -0.154. The summed E-state index contributed by atoms with van der Waals surface area (Å²) >= 11 is 5.93. The van der Waals surface area contributed by atoms with Crippen LogP contribution in [0.2, 0.25) is 0 Å². The van der Waals surface area contributed by atoms with Gasteiger partial charge in [0.1, 0.15) is 17.8 Å². The largest absolute Gasteiger partial charge is 0.481 e. The molecule has 5 heteroatoms. The molecule has 0 aliphatic carbocycles. The summed E-state index contributed by atoms with van der Waals surface area (Å²) in [6, 6.07) is 0. The van der Waals surface area contributed by atoms with Gasteiger partial charge in [-0.15, -0.1) is 11.8 Å². The summed E-state index contributed by atoms with van der Waals surface area (Å²) in [6.07, 6.45) is 0. The van der Waals surface area contributed by atoms with Crippen molar-refractivity contribution in [3.05, 3.63) is 12.3 Å². The maximum Gasteiger partial charge on any atom is 0.310 e. The summed E-state index contributed by atoms with van der Waals surface area (Å²) < 4.78 is 11.1. The zero-order valence-electron chi connectivity index (χ0n) is 15.0. The van der Waals surface area contributed by atoms with Crippen LogP contribution >= 0.6 is 24.4 Å². The number of hydrogen-bond donors (Lipinski definition) is 1. The highest BCUT2D eigenvalue weighted by atomic mass is 32.2. The van der Waals surface area contributed by atoms with E-state index < -0.39 is 0 Å². The Morgan fingerprint density at radius 2 is 1.77 bits per heavy atom. The first-order valence-electron chi connectivity index (χ1n) is 7.76. The van der Waals surface area contributed by atoms with Crippen molar-refractivity contribution in [2.45, 2.75) is 59.2 Å². The Bertz CT molecular complexity index is 361. The third kappa shape index (κ3) is 8.37. The topological polar surface area (TPSA) is 35.5 Å². The average molecular weight is 349 g/mol. The Morgan fingerprint density at radius 1 is 1.23 bits per heavy atom. The number of hydrogen-bond acceptors (Lipinski definition) is 5. The van der Waals surface area contributed by atoms with Crippen molar-refractivity contribution in [3.63, 3.8) is 0 Å². The van der Waals surface area contributed by atoms with Crippen molar-refractivity contribution < 1.29 is 14.3 Å². The molecule has 0 N–H and O–H groups in total. The van der Waals surface area contributed by atoms with Crippen LogP contribution < -0.4 is 0 Å². The highest BCUT2D eigenvalue weighted by molar-refractivity contribution is 8.01. The SMILES string of the molecule is C=C(COC(=O)C(C(C)C)C(C)(C)C)OC(C)SC(C)CS. The van der Waals surface area contributed by atoms with E-state index in [0.717, 1.165) is 5.75 Å². The highest BCUT2D eigenvalue weighted by Crippen LogP contribution is 2.33. The summed E-state index contributed by atoms with van der Waals surface area (Å²) in [6.45, 7) is 18.3. The molecular weight excluding hydrogens is 316 g/mol. The van der Waals surface area contributed by atoms with Gasteiger partial charge >= 0.3 is 5.97 Å². The molecule has 22 heavy (non-hydrogen) atoms. The molecule has 0 aliphatic rings. The van der Waals surface area contributed by atoms with E-state index in [1.807, 2.05) is 20.8 Å². The molecule has 0 aromatic heterocycles. The monoisotopic (exact) mass is 348 g/mol. The van der Waals surface area contributed by atoms with Gasteiger partial charge in [0.05, 0.1) is 5.92 Å². The van der Waals surface area contributed by atoms with E-state index in [1.54, 1.807) is 11.8 Å². The van der Waals surface area contributed by atoms with Crippen LogP contribution in [0.4, 0.5) is 0 Å². The van der Waals surface area contributed by atoms with Crippen LogP contribution in [0.1, 0.15) is 48.5 Å². The lowest BCUT2D eigenvalue weighted by atomic mass is 9.74. The van der Waals surface area contributed by atoms with E-state index in [-0.39, 0.29) is 35.3 Å². The predicted octanol–water partition coefficient (Wildman–Crippen LogP) is 4.78. The van der Waals surface area contributed by atoms with Gasteiger partial charge in [-0.05, 0) is 18.3 Å². The number of carbonyl (C=O) groups excluding carboxylic acids is 1. The van der Waals surface area contributed by atoms with Gasteiger partial charge in [0.15, 0.2) is 0 Å². The summed E-state index contributed by atoms with van der Waals surface area (Å²) in [4.78, 5) is 12.3. The molecule has 3 nitrogen and oxygen atoms in total. The number of carbonyl (C=O) groups is 1. The van der Waals surface area contributed by atoms with Crippen LogP contribution in [-0.4, -0.2) is 29.0 Å². The molecule has 0 amide bonds. The third-order valence-corrected chi connectivity index (χ3v) is 5.15. The minimum atomic E-state index is -0.184. The van der Waals surface area contributed by atoms with E-state index >= 15 is 0 Å². The van der Waals surface area contributed by atoms with E-state index in [0.29, 0.717) is 11.0 Å². The maximum absolute atomic E-state index is 12.3. The lowest BCUT2D eigenvalue weighted by Crippen LogP contribution is -2.34. The van der Waals surface area contributed by atoms with Gasteiger partial charge in [-0.3, -0.25) is 4.79 Å². The Hall–Kier alpha value is -0.290. The average Bonchev–Trinajstić information content (AvgIpc) is 2.33. The van der Waals surface area contributed by atoms with E-state index in [9.17, 15) is 4.79 Å². The zero-order chi connectivity index (χ0) is 17.5. The Kier molecular flexibility index (Phi) is 9.63. The van der Waals surface area contributed by atoms with Crippen LogP contribution in [-0.2, 0) is 14.3 Å². The van der Waals surface area contributed by atoms with Crippen molar-refractivity contribution in [3.8, 4) is 0 Å². The highest BCUT2D eigenvalue weighted by Gasteiger charge is 2.35. The fraction of sp³-hybridized carbons (Fsp3) is 0.824. The zero-order valence-corrected chi connectivity index (χ0v) is 16.7. The van der Waals surface area contributed by atoms with Crippen LogP contribution in [0, 0.1) is 17.3 Å². The molecule has 0 aromatic carbocycles. The van der Waals surface area contributed by atoms with Gasteiger partial charge in [0.25, 0.3) is 0 Å². The van der Waals surface area contributed by atoms with Gasteiger partial charge in [0, 0.05) is 11.0 Å². The fourth-order valence-corrected chi connectivity index (χ4v) is 3.72. The molecule has 0 spiro atoms. The van der Waals surface area contributed by atoms with Gasteiger partial charge < -0.3 is 9.47 Å². The Morgan fingerprint density at radius 3 is 2.18 bits per heavy atom. The van der Waals surface area contributed by atoms with Crippen molar-refractivity contribution >= 4 is 30.4 Å². The third-order valence-electron chi connectivity index (χ3n) is 3.24. The molecule has 0 saturated heterocycles. The number of thioether (sulfide) groups is 1. The minimum Gasteiger partial charge on any atom is -0.481 e. The first kappa shape index (κ1) is 21.7. The lowest BCUT2D eigenvalue weighted by Gasteiger charge is -2.32. The predicted molar refractivity (Wildman–Crippen MR) is 99.3 cm³/mol. The molecule has 0 heterocycles.